The van der Waals surface area contributed by atoms with Gasteiger partial charge in [-0.2, -0.15) is 0 Å². The molecule has 5 nitrogen and oxygen atoms in total. The molecular weight excluding hydrogens is 254 g/mol. The highest BCUT2D eigenvalue weighted by Gasteiger charge is 2.12. The van der Waals surface area contributed by atoms with Crippen molar-refractivity contribution in [3.8, 4) is 11.3 Å². The van der Waals surface area contributed by atoms with Crippen LogP contribution in [0.5, 0.6) is 0 Å². The summed E-state index contributed by atoms with van der Waals surface area (Å²) in [4.78, 5) is 14.0. The van der Waals surface area contributed by atoms with Crippen molar-refractivity contribution < 1.29 is 9.32 Å². The number of carbonyl (C=O) groups excluding carboxylic acids is 1. The maximum atomic E-state index is 11.9. The van der Waals surface area contributed by atoms with E-state index in [9.17, 15) is 4.79 Å². The first kappa shape index (κ1) is 14.3. The molecule has 1 N–H and O–H groups in total. The van der Waals surface area contributed by atoms with Crippen molar-refractivity contribution in [1.29, 1.82) is 0 Å². The van der Waals surface area contributed by atoms with E-state index in [0.717, 1.165) is 18.5 Å². The Morgan fingerprint density at radius 2 is 2.05 bits per heavy atom. The third kappa shape index (κ3) is 3.93. The second-order valence-electron chi connectivity index (χ2n) is 4.86. The molecule has 1 heterocycles. The Kier molecular flexibility index (Phi) is 4.90. The predicted octanol–water partition coefficient (Wildman–Crippen LogP) is 2.02. The average Bonchev–Trinajstić information content (AvgIpc) is 2.94. The fourth-order valence-corrected chi connectivity index (χ4v) is 1.81. The molecule has 5 heteroatoms. The molecule has 0 unspecified atom stereocenters. The smallest absolute Gasteiger partial charge is 0.273 e. The van der Waals surface area contributed by atoms with E-state index in [1.54, 1.807) is 6.07 Å². The summed E-state index contributed by atoms with van der Waals surface area (Å²) in [6.07, 6.45) is 0.905. The molecule has 0 bridgehead atoms. The van der Waals surface area contributed by atoms with Crippen LogP contribution in [0.3, 0.4) is 0 Å². The summed E-state index contributed by atoms with van der Waals surface area (Å²) in [5.41, 5.74) is 1.22. The number of aromatic nitrogens is 1. The number of carbonyl (C=O) groups is 1. The van der Waals surface area contributed by atoms with Crippen molar-refractivity contribution in [2.75, 3.05) is 27.2 Å². The van der Waals surface area contributed by atoms with Crippen molar-refractivity contribution in [3.05, 3.63) is 42.1 Å². The highest BCUT2D eigenvalue weighted by molar-refractivity contribution is 5.93. The fraction of sp³-hybridized carbons (Fsp3) is 0.333. The number of hydrogen-bond acceptors (Lipinski definition) is 4. The van der Waals surface area contributed by atoms with Gasteiger partial charge in [0, 0.05) is 18.2 Å². The minimum atomic E-state index is -0.199. The van der Waals surface area contributed by atoms with Crippen molar-refractivity contribution in [1.82, 2.24) is 15.4 Å². The zero-order valence-electron chi connectivity index (χ0n) is 11.8. The topological polar surface area (TPSA) is 58.4 Å². The number of benzene rings is 1. The van der Waals surface area contributed by atoms with Crippen LogP contribution in [0, 0.1) is 0 Å². The van der Waals surface area contributed by atoms with Gasteiger partial charge in [-0.25, -0.2) is 0 Å². The van der Waals surface area contributed by atoms with Crippen LogP contribution < -0.4 is 5.32 Å². The van der Waals surface area contributed by atoms with Crippen molar-refractivity contribution in [3.63, 3.8) is 0 Å². The Morgan fingerprint density at radius 3 is 2.75 bits per heavy atom. The summed E-state index contributed by atoms with van der Waals surface area (Å²) < 4.78 is 5.20. The van der Waals surface area contributed by atoms with Crippen LogP contribution in [-0.2, 0) is 0 Å². The van der Waals surface area contributed by atoms with Gasteiger partial charge >= 0.3 is 0 Å². The van der Waals surface area contributed by atoms with Crippen LogP contribution in [0.1, 0.15) is 16.9 Å². The Morgan fingerprint density at radius 1 is 1.30 bits per heavy atom. The quantitative estimate of drug-likeness (QED) is 0.818. The van der Waals surface area contributed by atoms with Crippen LogP contribution in [0.4, 0.5) is 0 Å². The molecule has 0 radical (unpaired) electrons. The van der Waals surface area contributed by atoms with Crippen molar-refractivity contribution in [2.24, 2.45) is 0 Å². The van der Waals surface area contributed by atoms with Gasteiger partial charge in [-0.15, -0.1) is 0 Å². The molecule has 0 saturated heterocycles. The highest BCUT2D eigenvalue weighted by atomic mass is 16.5. The molecule has 2 aromatic rings. The molecule has 2 rings (SSSR count). The van der Waals surface area contributed by atoms with E-state index in [2.05, 4.69) is 15.4 Å². The molecule has 0 spiro atoms. The normalized spacial score (nSPS) is 10.8. The molecule has 0 atom stereocenters. The number of nitrogens with one attached hydrogen (secondary N) is 1. The van der Waals surface area contributed by atoms with E-state index >= 15 is 0 Å². The molecule has 20 heavy (non-hydrogen) atoms. The van der Waals surface area contributed by atoms with Crippen LogP contribution in [0.2, 0.25) is 0 Å². The lowest BCUT2D eigenvalue weighted by molar-refractivity contribution is 0.0943. The van der Waals surface area contributed by atoms with Gasteiger partial charge < -0.3 is 14.7 Å². The second kappa shape index (κ2) is 6.86. The van der Waals surface area contributed by atoms with E-state index in [1.165, 1.54) is 0 Å². The standard InChI is InChI=1S/C15H19N3O2/c1-18(2)10-6-9-16-15(19)13-11-14(20-17-13)12-7-4-3-5-8-12/h3-5,7-8,11H,6,9-10H2,1-2H3,(H,16,19). The Bertz CT molecular complexity index is 549. The van der Waals surface area contributed by atoms with Gasteiger partial charge in [0.25, 0.3) is 5.91 Å². The molecule has 1 aromatic heterocycles. The van der Waals surface area contributed by atoms with Gasteiger partial charge in [0.05, 0.1) is 0 Å². The summed E-state index contributed by atoms with van der Waals surface area (Å²) in [5, 5.41) is 6.64. The first-order valence-electron chi connectivity index (χ1n) is 6.62. The summed E-state index contributed by atoms with van der Waals surface area (Å²) in [7, 11) is 4.01. The van der Waals surface area contributed by atoms with Gasteiger partial charge in [-0.05, 0) is 27.1 Å². The molecule has 0 aliphatic carbocycles. The molecule has 1 amide bonds. The number of amides is 1. The molecule has 106 valence electrons. The van der Waals surface area contributed by atoms with Crippen molar-refractivity contribution >= 4 is 5.91 Å². The number of hydrogen-bond donors (Lipinski definition) is 1. The molecule has 0 aliphatic rings. The maximum Gasteiger partial charge on any atom is 0.273 e. The van der Waals surface area contributed by atoms with Crippen LogP contribution in [-0.4, -0.2) is 43.1 Å². The van der Waals surface area contributed by atoms with Gasteiger partial charge in [-0.1, -0.05) is 35.5 Å². The third-order valence-electron chi connectivity index (χ3n) is 2.87. The second-order valence-corrected chi connectivity index (χ2v) is 4.86. The van der Waals surface area contributed by atoms with E-state index in [0.29, 0.717) is 18.0 Å². The highest BCUT2D eigenvalue weighted by Crippen LogP contribution is 2.19. The fourth-order valence-electron chi connectivity index (χ4n) is 1.81. The average molecular weight is 273 g/mol. The third-order valence-corrected chi connectivity index (χ3v) is 2.87. The maximum absolute atomic E-state index is 11.9. The minimum Gasteiger partial charge on any atom is -0.355 e. The van der Waals surface area contributed by atoms with Crippen molar-refractivity contribution in [2.45, 2.75) is 6.42 Å². The lowest BCUT2D eigenvalue weighted by Crippen LogP contribution is -2.27. The summed E-state index contributed by atoms with van der Waals surface area (Å²) in [5.74, 6) is 0.402. The molecule has 0 saturated carbocycles. The monoisotopic (exact) mass is 273 g/mol. The van der Waals surface area contributed by atoms with Gasteiger partial charge in [0.15, 0.2) is 11.5 Å². The number of rotatable bonds is 6. The largest absolute Gasteiger partial charge is 0.355 e. The van der Waals surface area contributed by atoms with Crippen LogP contribution in [0.25, 0.3) is 11.3 Å². The SMILES string of the molecule is CN(C)CCCNC(=O)c1cc(-c2ccccc2)on1. The van der Waals surface area contributed by atoms with Gasteiger partial charge in [0.2, 0.25) is 0 Å². The van der Waals surface area contributed by atoms with Crippen LogP contribution in [0.15, 0.2) is 40.9 Å². The minimum absolute atomic E-state index is 0.199. The summed E-state index contributed by atoms with van der Waals surface area (Å²) in [6.45, 7) is 1.57. The Balaban J connectivity index is 1.90. The Labute approximate surface area is 118 Å². The molecular formula is C15H19N3O2. The zero-order chi connectivity index (χ0) is 14.4. The van der Waals surface area contributed by atoms with Gasteiger partial charge in [0.1, 0.15) is 0 Å². The lowest BCUT2D eigenvalue weighted by atomic mass is 10.1. The van der Waals surface area contributed by atoms with Gasteiger partial charge in [-0.3, -0.25) is 4.79 Å². The molecule has 0 aliphatic heterocycles. The Hall–Kier alpha value is -2.14. The zero-order valence-corrected chi connectivity index (χ0v) is 11.8. The first-order chi connectivity index (χ1) is 9.66. The van der Waals surface area contributed by atoms with E-state index in [4.69, 9.17) is 4.52 Å². The van der Waals surface area contributed by atoms with E-state index < -0.39 is 0 Å². The molecule has 0 fully saturated rings. The molecule has 1 aromatic carbocycles. The lowest BCUT2D eigenvalue weighted by Gasteiger charge is -2.08. The summed E-state index contributed by atoms with van der Waals surface area (Å²) in [6, 6.07) is 11.3. The van der Waals surface area contributed by atoms with E-state index in [1.807, 2.05) is 44.4 Å². The number of nitrogens with zero attached hydrogens (tertiary/aromatic N) is 2. The first-order valence-corrected chi connectivity index (χ1v) is 6.62. The van der Waals surface area contributed by atoms with Crippen LogP contribution >= 0.6 is 0 Å². The summed E-state index contributed by atoms with van der Waals surface area (Å²) >= 11 is 0. The van der Waals surface area contributed by atoms with E-state index in [-0.39, 0.29) is 5.91 Å². The predicted molar refractivity (Wildman–Crippen MR) is 77.4 cm³/mol.